The summed E-state index contributed by atoms with van der Waals surface area (Å²) in [5, 5.41) is 4.64. The van der Waals surface area contributed by atoms with E-state index >= 15 is 0 Å². The molecular formula is C26H28N4Pt+2. The van der Waals surface area contributed by atoms with E-state index in [1.807, 2.05) is 66.1 Å². The fourth-order valence-electron chi connectivity index (χ4n) is 2.49. The third-order valence-electron chi connectivity index (χ3n) is 4.00. The van der Waals surface area contributed by atoms with Gasteiger partial charge in [-0.1, -0.05) is 36.4 Å². The van der Waals surface area contributed by atoms with Crippen molar-refractivity contribution in [1.29, 1.82) is 0 Å². The van der Waals surface area contributed by atoms with Gasteiger partial charge < -0.3 is 9.69 Å². The van der Waals surface area contributed by atoms with Gasteiger partial charge in [0.15, 0.2) is 0 Å². The predicted molar refractivity (Wildman–Crippen MR) is 127 cm³/mol. The number of fused-ring (bicyclic) bond motifs is 5. The van der Waals surface area contributed by atoms with Crippen molar-refractivity contribution < 1.29 is 21.1 Å². The van der Waals surface area contributed by atoms with Crippen LogP contribution in [0.5, 0.6) is 0 Å². The number of rotatable bonds is 0. The van der Waals surface area contributed by atoms with Gasteiger partial charge in [-0.05, 0) is 17.5 Å². The molecule has 0 aliphatic heterocycles. The zero-order valence-electron chi connectivity index (χ0n) is 18.9. The quantitative estimate of drug-likeness (QED) is 0.158. The molecule has 5 heteroatoms. The second-order valence-corrected chi connectivity index (χ2v) is 8.94. The second kappa shape index (κ2) is 11.0. The molecule has 0 spiro atoms. The number of hydrogen-bond donors (Lipinski definition) is 0. The SMILES string of the molecule is [C-]#[N+]C(C)(C)C.[C-]#[N+]C(C)(C)C.[Pt+2].c1cnc2c(c1)ccc1ccc3cccnc3c12. The van der Waals surface area contributed by atoms with E-state index in [4.69, 9.17) is 13.1 Å². The Balaban J connectivity index is 0.000000312. The molecule has 2 heterocycles. The molecule has 0 aliphatic carbocycles. The molecule has 0 saturated carbocycles. The van der Waals surface area contributed by atoms with E-state index in [2.05, 4.69) is 56.1 Å². The summed E-state index contributed by atoms with van der Waals surface area (Å²) >= 11 is 0. The van der Waals surface area contributed by atoms with Crippen LogP contribution in [-0.4, -0.2) is 21.0 Å². The zero-order valence-corrected chi connectivity index (χ0v) is 21.2. The van der Waals surface area contributed by atoms with E-state index in [9.17, 15) is 0 Å². The van der Waals surface area contributed by atoms with E-state index in [-0.39, 0.29) is 32.1 Å². The fraction of sp³-hybridized carbons (Fsp3) is 0.308. The Morgan fingerprint density at radius 2 is 0.935 bits per heavy atom. The first-order valence-electron chi connectivity index (χ1n) is 9.84. The van der Waals surface area contributed by atoms with E-state index in [1.54, 1.807) is 0 Å². The summed E-state index contributed by atoms with van der Waals surface area (Å²) in [6, 6.07) is 16.6. The third-order valence-corrected chi connectivity index (χ3v) is 4.00. The van der Waals surface area contributed by atoms with Crippen LogP contribution < -0.4 is 0 Å². The van der Waals surface area contributed by atoms with Crippen LogP contribution in [0.4, 0.5) is 0 Å². The summed E-state index contributed by atoms with van der Waals surface area (Å²) in [7, 11) is 0. The molecule has 0 radical (unpaired) electrons. The Morgan fingerprint density at radius 1 is 0.613 bits per heavy atom. The summed E-state index contributed by atoms with van der Waals surface area (Å²) in [4.78, 5) is 15.6. The standard InChI is InChI=1S/C16H10N2.2C5H9N.Pt/c1-3-12-7-5-11-6-8-13-4-2-10-18-16(13)14(11)15(12)17-9-1;2*1-5(2,3)6-4;/h1-10H;2*1-3H3;/q;;;+2. The Bertz CT molecular complexity index is 1140. The summed E-state index contributed by atoms with van der Waals surface area (Å²) in [5.74, 6) is 0. The number of pyridine rings is 2. The minimum atomic E-state index is -0.167. The van der Waals surface area contributed by atoms with Gasteiger partial charge in [0.1, 0.15) is 0 Å². The van der Waals surface area contributed by atoms with Crippen LogP contribution in [0.3, 0.4) is 0 Å². The monoisotopic (exact) mass is 591 g/mol. The molecule has 160 valence electrons. The molecule has 0 fully saturated rings. The van der Waals surface area contributed by atoms with Crippen LogP contribution in [0.2, 0.25) is 0 Å². The van der Waals surface area contributed by atoms with Crippen molar-refractivity contribution in [2.45, 2.75) is 52.6 Å². The van der Waals surface area contributed by atoms with Crippen LogP contribution in [0.25, 0.3) is 42.3 Å². The second-order valence-electron chi connectivity index (χ2n) is 8.94. The molecule has 4 rings (SSSR count). The van der Waals surface area contributed by atoms with Crippen LogP contribution in [0, 0.1) is 13.1 Å². The van der Waals surface area contributed by atoms with Gasteiger partial charge in [-0.25, -0.2) is 13.1 Å². The number of nitrogens with zero attached hydrogens (tertiary/aromatic N) is 4. The molecule has 0 saturated heterocycles. The van der Waals surface area contributed by atoms with Gasteiger partial charge in [-0.3, -0.25) is 9.97 Å². The average molecular weight is 592 g/mol. The van der Waals surface area contributed by atoms with Crippen molar-refractivity contribution in [3.05, 3.63) is 83.8 Å². The smallest absolute Gasteiger partial charge is 0.311 e. The van der Waals surface area contributed by atoms with Gasteiger partial charge in [-0.15, -0.1) is 0 Å². The van der Waals surface area contributed by atoms with E-state index in [0.717, 1.165) is 27.2 Å². The van der Waals surface area contributed by atoms with Crippen molar-refractivity contribution in [2.24, 2.45) is 0 Å². The van der Waals surface area contributed by atoms with Gasteiger partial charge in [0.25, 0.3) is 0 Å². The zero-order chi connectivity index (χ0) is 22.4. The van der Waals surface area contributed by atoms with Crippen molar-refractivity contribution in [3.8, 4) is 0 Å². The van der Waals surface area contributed by atoms with Gasteiger partial charge >= 0.3 is 21.1 Å². The van der Waals surface area contributed by atoms with Crippen LogP contribution in [0.1, 0.15) is 41.5 Å². The van der Waals surface area contributed by atoms with Gasteiger partial charge in [0.2, 0.25) is 11.1 Å². The maximum Gasteiger partial charge on any atom is 2.00 e. The first-order valence-corrected chi connectivity index (χ1v) is 9.84. The van der Waals surface area contributed by atoms with E-state index in [0.29, 0.717) is 0 Å². The average Bonchev–Trinajstić information content (AvgIpc) is 2.73. The Labute approximate surface area is 199 Å². The Kier molecular flexibility index (Phi) is 9.30. The van der Waals surface area contributed by atoms with E-state index < -0.39 is 0 Å². The first-order chi connectivity index (χ1) is 14.1. The van der Waals surface area contributed by atoms with Crippen molar-refractivity contribution in [2.75, 3.05) is 0 Å². The number of hydrogen-bond acceptors (Lipinski definition) is 2. The van der Waals surface area contributed by atoms with Crippen LogP contribution in [0.15, 0.2) is 60.9 Å². The molecule has 0 amide bonds. The molecule has 0 aliphatic rings. The number of aromatic nitrogens is 2. The minimum absolute atomic E-state index is 0. The van der Waals surface area contributed by atoms with Crippen LogP contribution >= 0.6 is 0 Å². The Morgan fingerprint density at radius 3 is 1.26 bits per heavy atom. The first kappa shape index (κ1) is 26.2. The van der Waals surface area contributed by atoms with Crippen LogP contribution in [-0.2, 0) is 21.1 Å². The van der Waals surface area contributed by atoms with E-state index in [1.165, 1.54) is 5.39 Å². The topological polar surface area (TPSA) is 34.5 Å². The largest absolute Gasteiger partial charge is 2.00 e. The summed E-state index contributed by atoms with van der Waals surface area (Å²) in [6.45, 7) is 24.3. The molecule has 0 bridgehead atoms. The minimum Gasteiger partial charge on any atom is -0.311 e. The van der Waals surface area contributed by atoms with Gasteiger partial charge in [0.05, 0.1) is 11.0 Å². The fourth-order valence-corrected chi connectivity index (χ4v) is 2.49. The summed E-state index contributed by atoms with van der Waals surface area (Å²) in [6.07, 6.45) is 3.67. The normalized spacial score (nSPS) is 10.6. The summed E-state index contributed by atoms with van der Waals surface area (Å²) < 4.78 is 0. The number of benzene rings is 2. The molecule has 2 aromatic heterocycles. The predicted octanol–water partition coefficient (Wildman–Crippen LogP) is 7.34. The Hall–Kier alpha value is -2.81. The maximum absolute atomic E-state index is 6.48. The summed E-state index contributed by atoms with van der Waals surface area (Å²) in [5.41, 5.74) is 1.72. The molecule has 0 atom stereocenters. The third kappa shape index (κ3) is 7.75. The van der Waals surface area contributed by atoms with Gasteiger partial charge in [-0.2, -0.15) is 0 Å². The molecule has 4 aromatic rings. The molecular weight excluding hydrogens is 563 g/mol. The molecule has 0 unspecified atom stereocenters. The maximum atomic E-state index is 6.48. The molecule has 31 heavy (non-hydrogen) atoms. The molecule has 0 N–H and O–H groups in total. The van der Waals surface area contributed by atoms with Gasteiger partial charge in [0, 0.05) is 70.1 Å². The molecule has 2 aromatic carbocycles. The molecule has 4 nitrogen and oxygen atoms in total. The van der Waals surface area contributed by atoms with Crippen molar-refractivity contribution in [3.63, 3.8) is 0 Å². The van der Waals surface area contributed by atoms with Crippen molar-refractivity contribution in [1.82, 2.24) is 9.97 Å². The van der Waals surface area contributed by atoms with Crippen molar-refractivity contribution >= 4 is 32.6 Å².